The summed E-state index contributed by atoms with van der Waals surface area (Å²) in [6.45, 7) is 0. The molecule has 0 radical (unpaired) electrons. The number of halogens is 2. The van der Waals surface area contributed by atoms with Crippen LogP contribution in [0.25, 0.3) is 0 Å². The Balaban J connectivity index is 2.00. The van der Waals surface area contributed by atoms with Crippen molar-refractivity contribution in [2.75, 3.05) is 0 Å². The highest BCUT2D eigenvalue weighted by Crippen LogP contribution is 2.66. The zero-order valence-corrected chi connectivity index (χ0v) is 8.97. The van der Waals surface area contributed by atoms with Gasteiger partial charge in [-0.2, -0.15) is 0 Å². The summed E-state index contributed by atoms with van der Waals surface area (Å²) >= 11 is 5.69. The van der Waals surface area contributed by atoms with Crippen LogP contribution >= 0.6 is 11.6 Å². The number of hydrogen-bond acceptors (Lipinski definition) is 1. The summed E-state index contributed by atoms with van der Waals surface area (Å²) in [6, 6.07) is 4.55. The van der Waals surface area contributed by atoms with Gasteiger partial charge in [0.15, 0.2) is 0 Å². The van der Waals surface area contributed by atoms with E-state index in [9.17, 15) is 9.50 Å². The second-order valence-electron chi connectivity index (χ2n) is 4.59. The molecule has 2 unspecified atom stereocenters. The van der Waals surface area contributed by atoms with E-state index in [1.165, 1.54) is 6.07 Å². The summed E-state index contributed by atoms with van der Waals surface area (Å²) in [6.07, 6.45) is 3.19. The van der Waals surface area contributed by atoms with Crippen molar-refractivity contribution in [1.29, 1.82) is 0 Å². The van der Waals surface area contributed by atoms with Gasteiger partial charge in [-0.25, -0.2) is 4.39 Å². The third-order valence-electron chi connectivity index (χ3n) is 3.90. The van der Waals surface area contributed by atoms with Crippen LogP contribution in [0.3, 0.4) is 0 Å². The molecular weight excluding hydrogens is 215 g/mol. The molecule has 0 aliphatic heterocycles. The van der Waals surface area contributed by atoms with Gasteiger partial charge in [-0.1, -0.05) is 24.1 Å². The Morgan fingerprint density at radius 1 is 1.33 bits per heavy atom. The number of rotatable bonds is 1. The first-order valence-electron chi connectivity index (χ1n) is 5.32. The van der Waals surface area contributed by atoms with E-state index in [1.54, 1.807) is 12.1 Å². The van der Waals surface area contributed by atoms with Crippen molar-refractivity contribution in [3.05, 3.63) is 34.6 Å². The Morgan fingerprint density at radius 2 is 2.00 bits per heavy atom. The van der Waals surface area contributed by atoms with E-state index in [1.807, 2.05) is 0 Å². The summed E-state index contributed by atoms with van der Waals surface area (Å²) in [5.74, 6) is 0.167. The van der Waals surface area contributed by atoms with Crippen molar-refractivity contribution in [2.24, 2.45) is 11.8 Å². The van der Waals surface area contributed by atoms with Gasteiger partial charge in [0.1, 0.15) is 5.82 Å². The molecule has 0 bridgehead atoms. The maximum absolute atomic E-state index is 13.6. The molecule has 0 saturated heterocycles. The lowest BCUT2D eigenvalue weighted by Gasteiger charge is -2.15. The quantitative estimate of drug-likeness (QED) is 0.780. The predicted octanol–water partition coefficient (Wildman–Crippen LogP) is 3.10. The monoisotopic (exact) mass is 226 g/mol. The molecule has 3 heteroatoms. The summed E-state index contributed by atoms with van der Waals surface area (Å²) in [5, 5.41) is 10.7. The minimum atomic E-state index is -0.896. The van der Waals surface area contributed by atoms with Crippen LogP contribution in [0.15, 0.2) is 18.2 Å². The van der Waals surface area contributed by atoms with Crippen molar-refractivity contribution >= 4 is 11.6 Å². The third kappa shape index (κ3) is 1.18. The van der Waals surface area contributed by atoms with Gasteiger partial charge < -0.3 is 5.11 Å². The Hall–Kier alpha value is -0.600. The Kier molecular flexibility index (Phi) is 1.89. The molecule has 80 valence electrons. The zero-order chi connectivity index (χ0) is 10.6. The number of fused-ring (bicyclic) bond motifs is 1. The predicted molar refractivity (Wildman–Crippen MR) is 56.1 cm³/mol. The molecule has 0 amide bonds. The molecule has 1 nitrogen and oxygen atoms in total. The number of benzene rings is 1. The van der Waals surface area contributed by atoms with Gasteiger partial charge in [0.25, 0.3) is 0 Å². The minimum Gasteiger partial charge on any atom is -0.384 e. The molecule has 1 N–H and O–H groups in total. The first-order valence-corrected chi connectivity index (χ1v) is 5.69. The van der Waals surface area contributed by atoms with Crippen LogP contribution < -0.4 is 0 Å². The van der Waals surface area contributed by atoms with E-state index in [4.69, 9.17) is 11.6 Å². The highest BCUT2D eigenvalue weighted by molar-refractivity contribution is 6.30. The van der Waals surface area contributed by atoms with Crippen LogP contribution in [0.1, 0.15) is 24.8 Å². The van der Waals surface area contributed by atoms with Gasteiger partial charge in [0.05, 0.1) is 5.60 Å². The molecule has 2 atom stereocenters. The second kappa shape index (κ2) is 2.96. The Labute approximate surface area is 92.9 Å². The van der Waals surface area contributed by atoms with Crippen molar-refractivity contribution < 1.29 is 9.50 Å². The molecule has 0 aromatic heterocycles. The fourth-order valence-electron chi connectivity index (χ4n) is 3.14. The van der Waals surface area contributed by atoms with Crippen molar-refractivity contribution in [2.45, 2.75) is 24.9 Å². The van der Waals surface area contributed by atoms with Crippen molar-refractivity contribution in [3.8, 4) is 0 Å². The zero-order valence-electron chi connectivity index (χ0n) is 8.21. The smallest absolute Gasteiger partial charge is 0.130 e. The van der Waals surface area contributed by atoms with Crippen LogP contribution in [0.2, 0.25) is 5.02 Å². The fourth-order valence-corrected chi connectivity index (χ4v) is 3.29. The Morgan fingerprint density at radius 3 is 2.60 bits per heavy atom. The lowest BCUT2D eigenvalue weighted by molar-refractivity contribution is 0.101. The molecule has 0 spiro atoms. The van der Waals surface area contributed by atoms with Gasteiger partial charge >= 0.3 is 0 Å². The summed E-state index contributed by atoms with van der Waals surface area (Å²) < 4.78 is 13.6. The molecule has 2 aliphatic carbocycles. The lowest BCUT2D eigenvalue weighted by Crippen LogP contribution is -2.15. The number of hydrogen-bond donors (Lipinski definition) is 1. The lowest BCUT2D eigenvalue weighted by atomic mass is 9.99. The molecule has 15 heavy (non-hydrogen) atoms. The normalized spacial score (nSPS) is 37.8. The highest BCUT2D eigenvalue weighted by atomic mass is 35.5. The van der Waals surface area contributed by atoms with E-state index in [0.717, 1.165) is 19.3 Å². The first kappa shape index (κ1) is 9.61. The molecule has 1 aromatic carbocycles. The molecule has 2 saturated carbocycles. The SMILES string of the molecule is OC1(c2ccc(Cl)cc2F)C2CCCC21. The molecule has 3 rings (SSSR count). The summed E-state index contributed by atoms with van der Waals surface area (Å²) in [7, 11) is 0. The topological polar surface area (TPSA) is 20.2 Å². The second-order valence-corrected chi connectivity index (χ2v) is 5.03. The third-order valence-corrected chi connectivity index (χ3v) is 4.14. The van der Waals surface area contributed by atoms with E-state index < -0.39 is 5.60 Å². The van der Waals surface area contributed by atoms with Gasteiger partial charge in [-0.15, -0.1) is 0 Å². The minimum absolute atomic E-state index is 0.271. The van der Waals surface area contributed by atoms with Crippen molar-refractivity contribution in [1.82, 2.24) is 0 Å². The van der Waals surface area contributed by atoms with Crippen LogP contribution in [-0.2, 0) is 5.60 Å². The Bertz CT molecular complexity index is 408. The van der Waals surface area contributed by atoms with Crippen LogP contribution in [-0.4, -0.2) is 5.11 Å². The molecule has 2 aliphatic rings. The standard InChI is InChI=1S/C12H12ClFO/c13-7-4-5-10(11(14)6-7)12(15)8-2-1-3-9(8)12/h4-6,8-9,15H,1-3H2. The van der Waals surface area contributed by atoms with Gasteiger partial charge in [0.2, 0.25) is 0 Å². The molecule has 2 fully saturated rings. The van der Waals surface area contributed by atoms with Crippen molar-refractivity contribution in [3.63, 3.8) is 0 Å². The maximum atomic E-state index is 13.6. The van der Waals surface area contributed by atoms with E-state index in [-0.39, 0.29) is 17.7 Å². The van der Waals surface area contributed by atoms with Gasteiger partial charge in [-0.3, -0.25) is 0 Å². The maximum Gasteiger partial charge on any atom is 0.130 e. The van der Waals surface area contributed by atoms with E-state index in [2.05, 4.69) is 0 Å². The van der Waals surface area contributed by atoms with Crippen LogP contribution in [0.5, 0.6) is 0 Å². The van der Waals surface area contributed by atoms with E-state index in [0.29, 0.717) is 10.6 Å². The summed E-state index contributed by atoms with van der Waals surface area (Å²) in [4.78, 5) is 0. The van der Waals surface area contributed by atoms with Gasteiger partial charge in [-0.05, 0) is 36.8 Å². The highest BCUT2D eigenvalue weighted by Gasteiger charge is 2.66. The fraction of sp³-hybridized carbons (Fsp3) is 0.500. The van der Waals surface area contributed by atoms with Crippen LogP contribution in [0, 0.1) is 17.7 Å². The number of aliphatic hydroxyl groups is 1. The summed E-state index contributed by atoms with van der Waals surface area (Å²) in [5.41, 5.74) is -0.464. The average molecular weight is 227 g/mol. The first-order chi connectivity index (χ1) is 7.14. The largest absolute Gasteiger partial charge is 0.384 e. The average Bonchev–Trinajstić information content (AvgIpc) is 2.63. The van der Waals surface area contributed by atoms with E-state index >= 15 is 0 Å². The molecular formula is C12H12ClFO. The van der Waals surface area contributed by atoms with Gasteiger partial charge in [0, 0.05) is 10.6 Å². The van der Waals surface area contributed by atoms with Crippen LogP contribution in [0.4, 0.5) is 4.39 Å². The molecule has 1 aromatic rings. The molecule has 0 heterocycles.